The van der Waals surface area contributed by atoms with Crippen molar-refractivity contribution in [3.05, 3.63) is 158 Å². The lowest BCUT2D eigenvalue weighted by Crippen LogP contribution is -2.30. The van der Waals surface area contributed by atoms with E-state index in [1.165, 1.54) is 57.8 Å². The van der Waals surface area contributed by atoms with Crippen LogP contribution in [0.3, 0.4) is 0 Å². The normalized spacial score (nSPS) is 13.2. The SMILES string of the molecule is CC/C=C\C/C=C\C/C=C\C/C=C\C/C=C\C/C=C\CCCCC(=O)OC(COC(=O)CCCCCCC/C=C\C/C=C\CCCCCC)COC(=O)CCCCCCCCC/C=C\C/C=C\C/C=C\C/C=C\C/C=C\CC. The predicted octanol–water partition coefficient (Wildman–Crippen LogP) is 21.7. The third-order valence-electron chi connectivity index (χ3n) is 12.7. The highest BCUT2D eigenvalue weighted by atomic mass is 16.6. The number of carbonyl (C=O) groups excluding carboxylic acids is 3. The molecule has 0 saturated carbocycles. The molecule has 0 fully saturated rings. The summed E-state index contributed by atoms with van der Waals surface area (Å²) in [4.78, 5) is 38.3. The maximum Gasteiger partial charge on any atom is 0.306 e. The van der Waals surface area contributed by atoms with Crippen LogP contribution in [0.25, 0.3) is 0 Å². The Labute approximate surface area is 480 Å². The van der Waals surface area contributed by atoms with Crippen LogP contribution >= 0.6 is 0 Å². The molecule has 0 N–H and O–H groups in total. The average molecular weight is 1080 g/mol. The average Bonchev–Trinajstić information content (AvgIpc) is 3.44. The number of carbonyl (C=O) groups is 3. The van der Waals surface area contributed by atoms with Crippen LogP contribution in [0.2, 0.25) is 0 Å². The Morgan fingerprint density at radius 1 is 0.269 bits per heavy atom. The number of allylic oxidation sites excluding steroid dienone is 26. The molecule has 0 spiro atoms. The van der Waals surface area contributed by atoms with Gasteiger partial charge in [0.15, 0.2) is 6.10 Å². The maximum atomic E-state index is 12.9. The summed E-state index contributed by atoms with van der Waals surface area (Å²) >= 11 is 0. The molecule has 0 aliphatic rings. The third kappa shape index (κ3) is 61.9. The molecule has 0 aliphatic carbocycles. The van der Waals surface area contributed by atoms with Crippen LogP contribution in [-0.2, 0) is 28.6 Å². The van der Waals surface area contributed by atoms with Crippen LogP contribution in [0.15, 0.2) is 158 Å². The molecular weight excluding hydrogens is 961 g/mol. The van der Waals surface area contributed by atoms with Crippen molar-refractivity contribution in [1.82, 2.24) is 0 Å². The smallest absolute Gasteiger partial charge is 0.306 e. The first-order valence-electron chi connectivity index (χ1n) is 31.5. The highest BCUT2D eigenvalue weighted by Crippen LogP contribution is 2.13. The molecule has 6 heteroatoms. The molecule has 0 rings (SSSR count). The quantitative estimate of drug-likeness (QED) is 0.0261. The van der Waals surface area contributed by atoms with Crippen molar-refractivity contribution in [2.75, 3.05) is 13.2 Å². The Hall–Kier alpha value is -4.97. The van der Waals surface area contributed by atoms with Crippen LogP contribution in [0.1, 0.15) is 258 Å². The molecular formula is C72H114O6. The molecule has 0 aromatic rings. The summed E-state index contributed by atoms with van der Waals surface area (Å²) < 4.78 is 16.9. The zero-order valence-corrected chi connectivity index (χ0v) is 50.1. The van der Waals surface area contributed by atoms with Crippen LogP contribution in [0.5, 0.6) is 0 Å². The topological polar surface area (TPSA) is 78.9 Å². The van der Waals surface area contributed by atoms with E-state index in [2.05, 4.69) is 179 Å². The molecule has 0 amide bonds. The molecule has 0 aromatic heterocycles. The van der Waals surface area contributed by atoms with Gasteiger partial charge in [-0.2, -0.15) is 0 Å². The van der Waals surface area contributed by atoms with Gasteiger partial charge in [-0.15, -0.1) is 0 Å². The van der Waals surface area contributed by atoms with Crippen molar-refractivity contribution in [1.29, 1.82) is 0 Å². The van der Waals surface area contributed by atoms with E-state index in [0.29, 0.717) is 19.3 Å². The van der Waals surface area contributed by atoms with E-state index in [9.17, 15) is 14.4 Å². The summed E-state index contributed by atoms with van der Waals surface area (Å²) in [5.41, 5.74) is 0. The lowest BCUT2D eigenvalue weighted by atomic mass is 10.1. The van der Waals surface area contributed by atoms with E-state index in [-0.39, 0.29) is 37.5 Å². The number of esters is 3. The van der Waals surface area contributed by atoms with Gasteiger partial charge in [0.2, 0.25) is 0 Å². The summed E-state index contributed by atoms with van der Waals surface area (Å²) in [7, 11) is 0. The van der Waals surface area contributed by atoms with Crippen molar-refractivity contribution < 1.29 is 28.6 Å². The van der Waals surface area contributed by atoms with Gasteiger partial charge in [-0.25, -0.2) is 0 Å². The summed E-state index contributed by atoms with van der Waals surface area (Å²) in [6.45, 7) is 6.34. The number of hydrogen-bond acceptors (Lipinski definition) is 6. The number of rotatable bonds is 55. The van der Waals surface area contributed by atoms with E-state index < -0.39 is 6.10 Å². The molecule has 0 radical (unpaired) electrons. The molecule has 0 bridgehead atoms. The summed E-state index contributed by atoms with van der Waals surface area (Å²) in [6, 6.07) is 0. The summed E-state index contributed by atoms with van der Waals surface area (Å²) in [5.74, 6) is -0.984. The highest BCUT2D eigenvalue weighted by Gasteiger charge is 2.19. The van der Waals surface area contributed by atoms with Gasteiger partial charge in [0.1, 0.15) is 13.2 Å². The molecule has 0 saturated heterocycles. The Morgan fingerprint density at radius 3 is 0.808 bits per heavy atom. The highest BCUT2D eigenvalue weighted by molar-refractivity contribution is 5.71. The van der Waals surface area contributed by atoms with Crippen molar-refractivity contribution in [3.8, 4) is 0 Å². The van der Waals surface area contributed by atoms with Crippen molar-refractivity contribution in [2.24, 2.45) is 0 Å². The first kappa shape index (κ1) is 73.0. The Kier molecular flexibility index (Phi) is 60.4. The van der Waals surface area contributed by atoms with Gasteiger partial charge in [-0.3, -0.25) is 14.4 Å². The fraction of sp³-hybridized carbons (Fsp3) is 0.597. The first-order valence-corrected chi connectivity index (χ1v) is 31.5. The zero-order valence-electron chi connectivity index (χ0n) is 50.1. The minimum Gasteiger partial charge on any atom is -0.462 e. The van der Waals surface area contributed by atoms with Crippen LogP contribution in [-0.4, -0.2) is 37.2 Å². The van der Waals surface area contributed by atoms with Gasteiger partial charge in [0.25, 0.3) is 0 Å². The largest absolute Gasteiger partial charge is 0.462 e. The second kappa shape index (κ2) is 64.6. The lowest BCUT2D eigenvalue weighted by Gasteiger charge is -2.18. The first-order chi connectivity index (χ1) is 38.5. The number of ether oxygens (including phenoxy) is 3. The summed E-state index contributed by atoms with van der Waals surface area (Å²) in [5, 5.41) is 0. The fourth-order valence-electron chi connectivity index (χ4n) is 8.09. The Bertz CT molecular complexity index is 1760. The van der Waals surface area contributed by atoms with Gasteiger partial charge < -0.3 is 14.2 Å². The number of unbranched alkanes of at least 4 members (excludes halogenated alkanes) is 18. The Balaban J connectivity index is 4.53. The predicted molar refractivity (Wildman–Crippen MR) is 338 cm³/mol. The monoisotopic (exact) mass is 1070 g/mol. The molecule has 1 unspecified atom stereocenters. The van der Waals surface area contributed by atoms with Gasteiger partial charge >= 0.3 is 17.9 Å². The Morgan fingerprint density at radius 2 is 0.500 bits per heavy atom. The summed E-state index contributed by atoms with van der Waals surface area (Å²) in [6.07, 6.45) is 93.8. The van der Waals surface area contributed by atoms with Gasteiger partial charge in [0.05, 0.1) is 0 Å². The molecule has 78 heavy (non-hydrogen) atoms. The second-order valence-electron chi connectivity index (χ2n) is 20.2. The third-order valence-corrected chi connectivity index (χ3v) is 12.7. The second-order valence-corrected chi connectivity index (χ2v) is 20.2. The number of hydrogen-bond donors (Lipinski definition) is 0. The van der Waals surface area contributed by atoms with Crippen molar-refractivity contribution in [3.63, 3.8) is 0 Å². The molecule has 0 aromatic carbocycles. The molecule has 6 nitrogen and oxygen atoms in total. The zero-order chi connectivity index (χ0) is 56.4. The van der Waals surface area contributed by atoms with Crippen LogP contribution in [0, 0.1) is 0 Å². The van der Waals surface area contributed by atoms with Crippen LogP contribution < -0.4 is 0 Å². The molecule has 0 aliphatic heterocycles. The van der Waals surface area contributed by atoms with Crippen molar-refractivity contribution >= 4 is 17.9 Å². The van der Waals surface area contributed by atoms with E-state index >= 15 is 0 Å². The van der Waals surface area contributed by atoms with E-state index in [1.807, 2.05) is 0 Å². The van der Waals surface area contributed by atoms with Crippen molar-refractivity contribution in [2.45, 2.75) is 264 Å². The fourth-order valence-corrected chi connectivity index (χ4v) is 8.09. The van der Waals surface area contributed by atoms with E-state index in [1.54, 1.807) is 0 Å². The van der Waals surface area contributed by atoms with E-state index in [4.69, 9.17) is 14.2 Å². The molecule has 0 heterocycles. The molecule has 1 atom stereocenters. The molecule has 438 valence electrons. The minimum absolute atomic E-state index is 0.113. The van der Waals surface area contributed by atoms with Gasteiger partial charge in [0, 0.05) is 19.3 Å². The lowest BCUT2D eigenvalue weighted by molar-refractivity contribution is -0.167. The van der Waals surface area contributed by atoms with E-state index in [0.717, 1.165) is 154 Å². The maximum absolute atomic E-state index is 12.9. The standard InChI is InChI=1S/C72H114O6/c1-4-7-10-13-16-19-22-25-28-31-33-35-36-38-39-41-44-47-50-53-56-59-62-65-71(74)77-68-69(67-76-70(73)64-61-58-55-52-49-46-43-30-27-24-21-18-15-12-9-6-3)78-72(75)66-63-60-57-54-51-48-45-42-40-37-34-32-29-26-23-20-17-14-11-8-5-2/h7-8,10-11,16-17,19-21,24-26,28-30,33-35,37-39,42-43,45,51,54,69H,4-6,9,12-15,18,22-23,27,31-32,36,40-41,44,46-50,52-53,55-68H2,1-3H3/b10-7-,11-8-,19-16-,20-17-,24-21-,28-25-,29-26-,35-33-,37-34-,39-38-,43-30-,45-42-,54-51-. The van der Waals surface area contributed by atoms with Gasteiger partial charge in [-0.1, -0.05) is 249 Å². The minimum atomic E-state index is -0.822. The van der Waals surface area contributed by atoms with Crippen LogP contribution in [0.4, 0.5) is 0 Å². The van der Waals surface area contributed by atoms with Gasteiger partial charge in [-0.05, 0) is 148 Å².